The number of carbonyl (C=O) groups is 2. The molecule has 3 rings (SSSR count). The van der Waals surface area contributed by atoms with Crippen LogP contribution in [-0.2, 0) is 14.3 Å². The van der Waals surface area contributed by atoms with E-state index < -0.39 is 18.0 Å². The normalized spacial score (nSPS) is 14.6. The molecule has 1 saturated carbocycles. The Morgan fingerprint density at radius 3 is 2.63 bits per heavy atom. The molecule has 2 aromatic rings. The molecule has 1 atom stereocenters. The van der Waals surface area contributed by atoms with Crippen LogP contribution in [0.1, 0.15) is 42.8 Å². The number of nitrogens with one attached hydrogen (secondary N) is 1. The van der Waals surface area contributed by atoms with Gasteiger partial charge >= 0.3 is 5.97 Å². The summed E-state index contributed by atoms with van der Waals surface area (Å²) in [5.74, 6) is -0.860. The van der Waals surface area contributed by atoms with Crippen molar-refractivity contribution in [3.05, 3.63) is 52.9 Å². The fourth-order valence-electron chi connectivity index (χ4n) is 3.40. The molecule has 1 fully saturated rings. The fourth-order valence-corrected chi connectivity index (χ4v) is 3.40. The van der Waals surface area contributed by atoms with Gasteiger partial charge < -0.3 is 19.4 Å². The van der Waals surface area contributed by atoms with E-state index in [0.29, 0.717) is 17.5 Å². The minimum atomic E-state index is -1.09. The molecule has 156 valence electrons. The van der Waals surface area contributed by atoms with Crippen LogP contribution in [0.2, 0.25) is 0 Å². The van der Waals surface area contributed by atoms with Gasteiger partial charge in [-0.15, -0.1) is 0 Å². The van der Waals surface area contributed by atoms with Crippen LogP contribution in [0, 0.1) is 25.2 Å². The summed E-state index contributed by atoms with van der Waals surface area (Å²) in [6.45, 7) is 5.44. The monoisotopic (exact) mass is 407 g/mol. The minimum Gasteiger partial charge on any atom is -0.495 e. The zero-order chi connectivity index (χ0) is 21.8. The Morgan fingerprint density at radius 2 is 2.00 bits per heavy atom. The number of aromatic nitrogens is 1. The number of nitriles is 1. The van der Waals surface area contributed by atoms with Crippen molar-refractivity contribution >= 4 is 23.6 Å². The van der Waals surface area contributed by atoms with Crippen LogP contribution >= 0.6 is 0 Å². The summed E-state index contributed by atoms with van der Waals surface area (Å²) in [4.78, 5) is 24.9. The van der Waals surface area contributed by atoms with Gasteiger partial charge in [-0.3, -0.25) is 4.79 Å². The van der Waals surface area contributed by atoms with Crippen molar-refractivity contribution in [2.75, 3.05) is 12.4 Å². The Hall–Kier alpha value is -3.53. The minimum absolute atomic E-state index is 0.150. The van der Waals surface area contributed by atoms with Gasteiger partial charge in [0, 0.05) is 17.4 Å². The molecular formula is C23H25N3O4. The molecule has 1 N–H and O–H groups in total. The average molecular weight is 407 g/mol. The fraction of sp³-hybridized carbons (Fsp3) is 0.348. The molecule has 7 nitrogen and oxygen atoms in total. The molecule has 1 heterocycles. The number of hydrogen-bond acceptors (Lipinski definition) is 5. The Labute approximate surface area is 175 Å². The van der Waals surface area contributed by atoms with Crippen LogP contribution in [0.4, 0.5) is 5.69 Å². The van der Waals surface area contributed by atoms with Gasteiger partial charge in [-0.25, -0.2) is 4.79 Å². The lowest BCUT2D eigenvalue weighted by Gasteiger charge is -2.15. The molecule has 0 spiro atoms. The Bertz CT molecular complexity index is 1040. The van der Waals surface area contributed by atoms with Gasteiger partial charge in [0.2, 0.25) is 0 Å². The van der Waals surface area contributed by atoms with Crippen LogP contribution in [-0.4, -0.2) is 29.7 Å². The van der Waals surface area contributed by atoms with E-state index in [4.69, 9.17) is 9.47 Å². The van der Waals surface area contributed by atoms with Crippen LogP contribution in [0.5, 0.6) is 5.75 Å². The average Bonchev–Trinajstić information content (AvgIpc) is 3.51. The summed E-state index contributed by atoms with van der Waals surface area (Å²) < 4.78 is 12.7. The predicted molar refractivity (Wildman–Crippen MR) is 113 cm³/mol. The third kappa shape index (κ3) is 4.54. The number of para-hydroxylation sites is 2. The van der Waals surface area contributed by atoms with Gasteiger partial charge in [0.05, 0.1) is 12.8 Å². The summed E-state index contributed by atoms with van der Waals surface area (Å²) in [6, 6.07) is 11.3. The zero-order valence-electron chi connectivity index (χ0n) is 17.6. The molecule has 0 unspecified atom stereocenters. The summed E-state index contributed by atoms with van der Waals surface area (Å²) in [7, 11) is 1.50. The molecule has 0 radical (unpaired) electrons. The summed E-state index contributed by atoms with van der Waals surface area (Å²) in [6.07, 6.45) is 2.73. The van der Waals surface area contributed by atoms with Gasteiger partial charge in [0.1, 0.15) is 17.4 Å². The smallest absolute Gasteiger partial charge is 0.349 e. The number of benzene rings is 1. The lowest BCUT2D eigenvalue weighted by molar-refractivity contribution is -0.148. The van der Waals surface area contributed by atoms with Crippen molar-refractivity contribution in [2.24, 2.45) is 0 Å². The number of hydrogen-bond donors (Lipinski definition) is 1. The predicted octanol–water partition coefficient (Wildman–Crippen LogP) is 3.93. The third-order valence-electron chi connectivity index (χ3n) is 5.09. The van der Waals surface area contributed by atoms with Crippen molar-refractivity contribution in [3.8, 4) is 11.8 Å². The quantitative estimate of drug-likeness (QED) is 0.426. The second-order valence-electron chi connectivity index (χ2n) is 7.33. The highest BCUT2D eigenvalue weighted by atomic mass is 16.5. The third-order valence-corrected chi connectivity index (χ3v) is 5.09. The number of ether oxygens (including phenoxy) is 2. The number of carbonyl (C=O) groups excluding carboxylic acids is 2. The van der Waals surface area contributed by atoms with Crippen LogP contribution in [0.3, 0.4) is 0 Å². The molecule has 0 bridgehead atoms. The molecular weight excluding hydrogens is 382 g/mol. The van der Waals surface area contributed by atoms with E-state index in [2.05, 4.69) is 9.88 Å². The highest BCUT2D eigenvalue weighted by Gasteiger charge is 2.27. The summed E-state index contributed by atoms with van der Waals surface area (Å²) in [5.41, 5.74) is 3.23. The molecule has 1 aliphatic carbocycles. The first kappa shape index (κ1) is 21.2. The van der Waals surface area contributed by atoms with Gasteiger partial charge in [0.15, 0.2) is 6.10 Å². The Balaban J connectivity index is 1.70. The number of anilines is 1. The van der Waals surface area contributed by atoms with Crippen LogP contribution < -0.4 is 10.1 Å². The molecule has 1 amide bonds. The highest BCUT2D eigenvalue weighted by Crippen LogP contribution is 2.38. The standard InChI is InChI=1S/C23H25N3O4/c1-14-11-17(15(2)26(14)19-9-10-19)12-18(13-24)23(28)30-16(3)22(27)25-20-7-5-6-8-21(20)29-4/h5-8,11-12,16,19H,9-10H2,1-4H3,(H,25,27)/b18-12+/t16-/m1/s1. The zero-order valence-corrected chi connectivity index (χ0v) is 17.6. The summed E-state index contributed by atoms with van der Waals surface area (Å²) in [5, 5.41) is 12.1. The lowest BCUT2D eigenvalue weighted by Crippen LogP contribution is -2.30. The molecule has 30 heavy (non-hydrogen) atoms. The maximum Gasteiger partial charge on any atom is 0.349 e. The first-order valence-electron chi connectivity index (χ1n) is 9.80. The van der Waals surface area contributed by atoms with Crippen molar-refractivity contribution in [2.45, 2.75) is 45.8 Å². The molecule has 1 aliphatic rings. The highest BCUT2D eigenvalue weighted by molar-refractivity contribution is 6.01. The first-order chi connectivity index (χ1) is 14.3. The second-order valence-corrected chi connectivity index (χ2v) is 7.33. The number of nitrogens with zero attached hydrogens (tertiary/aromatic N) is 2. The molecule has 1 aromatic carbocycles. The Morgan fingerprint density at radius 1 is 1.30 bits per heavy atom. The lowest BCUT2D eigenvalue weighted by atomic mass is 10.1. The van der Waals surface area contributed by atoms with Gasteiger partial charge in [-0.05, 0) is 63.5 Å². The largest absolute Gasteiger partial charge is 0.495 e. The topological polar surface area (TPSA) is 93.3 Å². The maximum atomic E-state index is 12.5. The maximum absolute atomic E-state index is 12.5. The Kier molecular flexibility index (Phi) is 6.26. The molecule has 0 aliphatic heterocycles. The van der Waals surface area contributed by atoms with Gasteiger partial charge in [0.25, 0.3) is 5.91 Å². The van der Waals surface area contributed by atoms with Crippen LogP contribution in [0.25, 0.3) is 6.08 Å². The van der Waals surface area contributed by atoms with Crippen LogP contribution in [0.15, 0.2) is 35.9 Å². The van der Waals surface area contributed by atoms with Gasteiger partial charge in [-0.1, -0.05) is 12.1 Å². The van der Waals surface area contributed by atoms with Crippen molar-refractivity contribution in [1.82, 2.24) is 4.57 Å². The van der Waals surface area contributed by atoms with E-state index in [9.17, 15) is 14.9 Å². The van der Waals surface area contributed by atoms with Crippen molar-refractivity contribution < 1.29 is 19.1 Å². The van der Waals surface area contributed by atoms with Crippen molar-refractivity contribution in [3.63, 3.8) is 0 Å². The number of methoxy groups -OCH3 is 1. The number of esters is 1. The van der Waals surface area contributed by atoms with E-state index in [-0.39, 0.29) is 5.57 Å². The van der Waals surface area contributed by atoms with Gasteiger partial charge in [-0.2, -0.15) is 5.26 Å². The van der Waals surface area contributed by atoms with E-state index in [1.54, 1.807) is 24.3 Å². The number of aryl methyl sites for hydroxylation is 1. The first-order valence-corrected chi connectivity index (χ1v) is 9.80. The summed E-state index contributed by atoms with van der Waals surface area (Å²) >= 11 is 0. The van der Waals surface area contributed by atoms with Crippen molar-refractivity contribution in [1.29, 1.82) is 5.26 Å². The second kappa shape index (κ2) is 8.87. The van der Waals surface area contributed by atoms with E-state index in [1.165, 1.54) is 20.1 Å². The van der Waals surface area contributed by atoms with E-state index >= 15 is 0 Å². The molecule has 7 heteroatoms. The van der Waals surface area contributed by atoms with E-state index in [1.807, 2.05) is 26.0 Å². The molecule has 1 aromatic heterocycles. The van der Waals surface area contributed by atoms with E-state index in [0.717, 1.165) is 29.8 Å². The SMILES string of the molecule is COc1ccccc1NC(=O)[C@@H](C)OC(=O)/C(C#N)=C/c1cc(C)n(C2CC2)c1C. The molecule has 0 saturated heterocycles. The number of rotatable bonds is 7. The number of amides is 1.